The van der Waals surface area contributed by atoms with Gasteiger partial charge in [0.25, 0.3) is 0 Å². The molecule has 1 atom stereocenters. The number of nitrogens with one attached hydrogen (secondary N) is 1. The number of hydrogen-bond acceptors (Lipinski definition) is 5. The zero-order chi connectivity index (χ0) is 21.8. The van der Waals surface area contributed by atoms with Crippen molar-refractivity contribution in [2.75, 3.05) is 19.6 Å². The standard InChI is InChI=1S/C20H27F3N2O4/c1-19(2,3)29-17(26)10-24-15-5-4-8-25(12-15)11-14-7-6-13(18(27)28)9-16(14)20(21,22)23/h6-7,9,15,24H,4-5,8,10-12H2,1-3H3,(H,27,28)/t15-/m0/s1. The lowest BCUT2D eigenvalue weighted by Crippen LogP contribution is -2.47. The maximum atomic E-state index is 13.4. The van der Waals surface area contributed by atoms with Crippen LogP contribution in [0.4, 0.5) is 13.2 Å². The second-order valence-corrected chi connectivity index (χ2v) is 8.22. The Bertz CT molecular complexity index is 744. The van der Waals surface area contributed by atoms with E-state index in [1.54, 1.807) is 20.8 Å². The minimum Gasteiger partial charge on any atom is -0.478 e. The van der Waals surface area contributed by atoms with Gasteiger partial charge >= 0.3 is 18.1 Å². The van der Waals surface area contributed by atoms with Crippen LogP contribution in [0.2, 0.25) is 0 Å². The van der Waals surface area contributed by atoms with Gasteiger partial charge in [-0.05, 0) is 57.9 Å². The highest BCUT2D eigenvalue weighted by Crippen LogP contribution is 2.33. The molecule has 1 aromatic carbocycles. The second-order valence-electron chi connectivity index (χ2n) is 8.22. The van der Waals surface area contributed by atoms with E-state index in [0.29, 0.717) is 19.2 Å². The van der Waals surface area contributed by atoms with E-state index in [-0.39, 0.29) is 30.7 Å². The first-order valence-electron chi connectivity index (χ1n) is 9.46. The van der Waals surface area contributed by atoms with Crippen molar-refractivity contribution in [3.8, 4) is 0 Å². The van der Waals surface area contributed by atoms with Crippen molar-refractivity contribution < 1.29 is 32.6 Å². The molecule has 0 saturated carbocycles. The van der Waals surface area contributed by atoms with Gasteiger partial charge < -0.3 is 15.2 Å². The number of aromatic carboxylic acids is 1. The number of carboxylic acid groups (broad SMARTS) is 1. The molecule has 162 valence electrons. The Morgan fingerprint density at radius 3 is 2.55 bits per heavy atom. The molecule has 1 fully saturated rings. The van der Waals surface area contributed by atoms with Gasteiger partial charge in [-0.25, -0.2) is 4.79 Å². The lowest BCUT2D eigenvalue weighted by atomic mass is 10.0. The van der Waals surface area contributed by atoms with Crippen LogP contribution in [0.15, 0.2) is 18.2 Å². The predicted molar refractivity (Wildman–Crippen MR) is 101 cm³/mol. The molecule has 2 N–H and O–H groups in total. The van der Waals surface area contributed by atoms with E-state index in [1.165, 1.54) is 12.1 Å². The quantitative estimate of drug-likeness (QED) is 0.693. The summed E-state index contributed by atoms with van der Waals surface area (Å²) in [6.45, 7) is 6.54. The highest BCUT2D eigenvalue weighted by Gasteiger charge is 2.35. The van der Waals surface area contributed by atoms with E-state index in [1.807, 2.05) is 4.90 Å². The van der Waals surface area contributed by atoms with Crippen molar-refractivity contribution in [1.29, 1.82) is 0 Å². The number of rotatable bonds is 6. The number of likely N-dealkylation sites (tertiary alicyclic amines) is 1. The summed E-state index contributed by atoms with van der Waals surface area (Å²) >= 11 is 0. The van der Waals surface area contributed by atoms with Crippen LogP contribution in [0.3, 0.4) is 0 Å². The van der Waals surface area contributed by atoms with Gasteiger partial charge in [-0.2, -0.15) is 13.2 Å². The molecule has 1 aliphatic rings. The lowest BCUT2D eigenvalue weighted by molar-refractivity contribution is -0.153. The van der Waals surface area contributed by atoms with Crippen molar-refractivity contribution in [2.24, 2.45) is 0 Å². The van der Waals surface area contributed by atoms with E-state index in [4.69, 9.17) is 9.84 Å². The van der Waals surface area contributed by atoms with Crippen LogP contribution in [-0.2, 0) is 22.3 Å². The van der Waals surface area contributed by atoms with Crippen molar-refractivity contribution in [1.82, 2.24) is 10.2 Å². The summed E-state index contributed by atoms with van der Waals surface area (Å²) in [4.78, 5) is 24.7. The lowest BCUT2D eigenvalue weighted by Gasteiger charge is -2.34. The van der Waals surface area contributed by atoms with E-state index in [9.17, 15) is 22.8 Å². The molecule has 2 rings (SSSR count). The van der Waals surface area contributed by atoms with Crippen LogP contribution in [0.5, 0.6) is 0 Å². The predicted octanol–water partition coefficient (Wildman–Crippen LogP) is 3.30. The highest BCUT2D eigenvalue weighted by molar-refractivity contribution is 5.88. The summed E-state index contributed by atoms with van der Waals surface area (Å²) in [5.41, 5.74) is -1.86. The van der Waals surface area contributed by atoms with Crippen LogP contribution in [0.1, 0.15) is 55.1 Å². The van der Waals surface area contributed by atoms with Crippen LogP contribution in [0.25, 0.3) is 0 Å². The molecule has 1 aliphatic heterocycles. The molecule has 0 aromatic heterocycles. The van der Waals surface area contributed by atoms with Gasteiger partial charge in [-0.15, -0.1) is 0 Å². The second kappa shape index (κ2) is 9.13. The summed E-state index contributed by atoms with van der Waals surface area (Å²) in [7, 11) is 0. The molecule has 0 amide bonds. The molecule has 9 heteroatoms. The molecule has 0 radical (unpaired) electrons. The molecule has 29 heavy (non-hydrogen) atoms. The fourth-order valence-electron chi connectivity index (χ4n) is 3.32. The number of halogens is 3. The topological polar surface area (TPSA) is 78.9 Å². The summed E-state index contributed by atoms with van der Waals surface area (Å²) in [6.07, 6.45) is -3.05. The zero-order valence-corrected chi connectivity index (χ0v) is 16.8. The molecule has 1 aromatic rings. The average molecular weight is 416 g/mol. The fraction of sp³-hybridized carbons (Fsp3) is 0.600. The van der Waals surface area contributed by atoms with Gasteiger partial charge in [0.1, 0.15) is 5.60 Å². The SMILES string of the molecule is CC(C)(C)OC(=O)CN[C@H]1CCCN(Cc2ccc(C(=O)O)cc2C(F)(F)F)C1. The number of carboxylic acids is 1. The number of carbonyl (C=O) groups excluding carboxylic acids is 1. The third kappa shape index (κ3) is 7.32. The van der Waals surface area contributed by atoms with Gasteiger partial charge in [-0.3, -0.25) is 9.69 Å². The summed E-state index contributed by atoms with van der Waals surface area (Å²) in [5, 5.41) is 12.1. The summed E-state index contributed by atoms with van der Waals surface area (Å²) < 4.78 is 45.4. The molecular weight excluding hydrogens is 389 g/mol. The number of nitrogens with zero attached hydrogens (tertiary/aromatic N) is 1. The molecule has 0 bridgehead atoms. The Labute approximate surface area is 168 Å². The van der Waals surface area contributed by atoms with E-state index in [2.05, 4.69) is 5.32 Å². The van der Waals surface area contributed by atoms with Crippen LogP contribution in [0, 0.1) is 0 Å². The summed E-state index contributed by atoms with van der Waals surface area (Å²) in [6, 6.07) is 3.06. The first-order chi connectivity index (χ1) is 13.3. The number of ether oxygens (including phenoxy) is 1. The number of esters is 1. The molecule has 1 heterocycles. The van der Waals surface area contributed by atoms with E-state index in [0.717, 1.165) is 12.8 Å². The third-order valence-corrected chi connectivity index (χ3v) is 4.52. The van der Waals surface area contributed by atoms with Crippen molar-refractivity contribution in [3.05, 3.63) is 34.9 Å². The molecule has 0 aliphatic carbocycles. The smallest absolute Gasteiger partial charge is 0.416 e. The monoisotopic (exact) mass is 416 g/mol. The minimum absolute atomic E-state index is 0.0373. The number of piperidine rings is 1. The molecule has 0 unspecified atom stereocenters. The fourth-order valence-corrected chi connectivity index (χ4v) is 3.32. The number of hydrogen-bond donors (Lipinski definition) is 2. The normalized spacial score (nSPS) is 18.5. The Balaban J connectivity index is 2.01. The molecular formula is C20H27F3N2O4. The Hall–Kier alpha value is -2.13. The molecule has 0 spiro atoms. The number of alkyl halides is 3. The summed E-state index contributed by atoms with van der Waals surface area (Å²) in [5.74, 6) is -1.77. The first kappa shape index (κ1) is 23.2. The minimum atomic E-state index is -4.63. The molecule has 1 saturated heterocycles. The van der Waals surface area contributed by atoms with Crippen molar-refractivity contribution in [2.45, 2.75) is 58.0 Å². The van der Waals surface area contributed by atoms with E-state index < -0.39 is 28.9 Å². The maximum absolute atomic E-state index is 13.4. The van der Waals surface area contributed by atoms with Gasteiger partial charge in [0.05, 0.1) is 17.7 Å². The van der Waals surface area contributed by atoms with Gasteiger partial charge in [0.2, 0.25) is 0 Å². The van der Waals surface area contributed by atoms with Crippen LogP contribution >= 0.6 is 0 Å². The van der Waals surface area contributed by atoms with Crippen LogP contribution < -0.4 is 5.32 Å². The number of carbonyl (C=O) groups is 2. The first-order valence-corrected chi connectivity index (χ1v) is 9.46. The number of benzene rings is 1. The highest BCUT2D eigenvalue weighted by atomic mass is 19.4. The van der Waals surface area contributed by atoms with Gasteiger partial charge in [0, 0.05) is 19.1 Å². The maximum Gasteiger partial charge on any atom is 0.416 e. The third-order valence-electron chi connectivity index (χ3n) is 4.52. The van der Waals surface area contributed by atoms with Gasteiger partial charge in [-0.1, -0.05) is 6.07 Å². The van der Waals surface area contributed by atoms with E-state index >= 15 is 0 Å². The Morgan fingerprint density at radius 2 is 1.97 bits per heavy atom. The van der Waals surface area contributed by atoms with Gasteiger partial charge in [0.15, 0.2) is 0 Å². The molecule has 6 nitrogen and oxygen atoms in total. The largest absolute Gasteiger partial charge is 0.478 e. The average Bonchev–Trinajstić information content (AvgIpc) is 2.58. The van der Waals surface area contributed by atoms with Crippen LogP contribution in [-0.4, -0.2) is 53.2 Å². The zero-order valence-electron chi connectivity index (χ0n) is 16.8. The Morgan fingerprint density at radius 1 is 1.28 bits per heavy atom. The van der Waals surface area contributed by atoms with Crippen molar-refractivity contribution >= 4 is 11.9 Å². The van der Waals surface area contributed by atoms with Crippen molar-refractivity contribution in [3.63, 3.8) is 0 Å². The Kier molecular flexibility index (Phi) is 7.29.